The van der Waals surface area contributed by atoms with Gasteiger partial charge >= 0.3 is 18.8 Å². The lowest BCUT2D eigenvalue weighted by molar-refractivity contribution is -0.136. The van der Waals surface area contributed by atoms with Crippen molar-refractivity contribution in [3.8, 4) is 28.1 Å². The third kappa shape index (κ3) is 9.36. The molecule has 2 saturated heterocycles. The Bertz CT molecular complexity index is 2730. The molecule has 0 bridgehead atoms. The molecule has 4 aromatic carbocycles. The van der Waals surface area contributed by atoms with Crippen LogP contribution in [0.1, 0.15) is 68.4 Å². The third-order valence-corrected chi connectivity index (χ3v) is 12.4. The maximum Gasteiger partial charge on any atom is 0.407 e. The molecular formula is C48H52F2N8O8. The number of methoxy groups -OCH3 is 3. The van der Waals surface area contributed by atoms with Crippen molar-refractivity contribution in [1.29, 1.82) is 0 Å². The Labute approximate surface area is 379 Å². The molecule has 4 heterocycles. The van der Waals surface area contributed by atoms with E-state index in [0.717, 1.165) is 22.7 Å². The van der Waals surface area contributed by atoms with Gasteiger partial charge in [0, 0.05) is 42.6 Å². The van der Waals surface area contributed by atoms with Gasteiger partial charge in [0.05, 0.1) is 55.8 Å². The predicted molar refractivity (Wildman–Crippen MR) is 240 cm³/mol. The number of halogens is 2. The molecule has 66 heavy (non-hydrogen) atoms. The Morgan fingerprint density at radius 1 is 0.833 bits per heavy atom. The van der Waals surface area contributed by atoms with Crippen molar-refractivity contribution < 1.29 is 46.9 Å². The number of imidazole rings is 2. The molecule has 6 aromatic rings. The van der Waals surface area contributed by atoms with Gasteiger partial charge in [0.1, 0.15) is 29.5 Å². The van der Waals surface area contributed by atoms with Crippen molar-refractivity contribution in [2.45, 2.75) is 63.9 Å². The molecule has 0 aliphatic carbocycles. The number of benzene rings is 4. The number of hydrogen-bond donors (Lipinski definition) is 4. The number of aromatic amines is 2. The zero-order valence-corrected chi connectivity index (χ0v) is 37.2. The van der Waals surface area contributed by atoms with Gasteiger partial charge in [-0.15, -0.1) is 0 Å². The van der Waals surface area contributed by atoms with Gasteiger partial charge in [-0.1, -0.05) is 68.4 Å². The number of alkyl halides is 2. The fraction of sp³-hybridized carbons (Fsp3) is 0.375. The van der Waals surface area contributed by atoms with Crippen molar-refractivity contribution in [3.63, 3.8) is 0 Å². The zero-order chi connectivity index (χ0) is 46.6. The number of hydrogen-bond acceptors (Lipinski definition) is 10. The Morgan fingerprint density at radius 2 is 1.59 bits per heavy atom. The minimum Gasteiger partial charge on any atom is -0.453 e. The number of rotatable bonds is 14. The van der Waals surface area contributed by atoms with E-state index in [-0.39, 0.29) is 35.4 Å². The second kappa shape index (κ2) is 19.6. The number of nitrogens with zero attached hydrogens (tertiary/aromatic N) is 4. The van der Waals surface area contributed by atoms with Crippen molar-refractivity contribution in [2.75, 3.05) is 41.0 Å². The minimum absolute atomic E-state index is 0.00607. The molecule has 5 atom stereocenters. The Morgan fingerprint density at radius 3 is 2.32 bits per heavy atom. The van der Waals surface area contributed by atoms with Gasteiger partial charge in [-0.2, -0.15) is 8.78 Å². The first-order valence-corrected chi connectivity index (χ1v) is 21.8. The van der Waals surface area contributed by atoms with E-state index in [4.69, 9.17) is 23.9 Å². The summed E-state index contributed by atoms with van der Waals surface area (Å²) < 4.78 is 48.3. The highest BCUT2D eigenvalue weighted by atomic mass is 19.3. The van der Waals surface area contributed by atoms with Crippen LogP contribution < -0.4 is 15.4 Å². The van der Waals surface area contributed by atoms with Crippen LogP contribution in [0.15, 0.2) is 85.1 Å². The lowest BCUT2D eigenvalue weighted by Gasteiger charge is -2.30. The number of aromatic nitrogens is 4. The van der Waals surface area contributed by atoms with Crippen LogP contribution in [0, 0.1) is 11.8 Å². The largest absolute Gasteiger partial charge is 0.453 e. The quantitative estimate of drug-likeness (QED) is 0.0831. The van der Waals surface area contributed by atoms with Crippen molar-refractivity contribution in [1.82, 2.24) is 40.4 Å². The molecule has 16 nitrogen and oxygen atoms in total. The van der Waals surface area contributed by atoms with Gasteiger partial charge < -0.3 is 49.3 Å². The highest BCUT2D eigenvalue weighted by Gasteiger charge is 2.42. The molecule has 2 aromatic heterocycles. The summed E-state index contributed by atoms with van der Waals surface area (Å²) in [6.45, 7) is 1.87. The van der Waals surface area contributed by atoms with Crippen molar-refractivity contribution >= 4 is 45.8 Å². The average Bonchev–Trinajstić information content (AvgIpc) is 4.16. The van der Waals surface area contributed by atoms with Crippen LogP contribution >= 0.6 is 0 Å². The van der Waals surface area contributed by atoms with E-state index in [9.17, 15) is 28.0 Å². The Balaban J connectivity index is 1.07. The molecule has 2 aliphatic rings. The molecule has 2 fully saturated rings. The highest BCUT2D eigenvalue weighted by molar-refractivity contribution is 6.05. The molecule has 2 aliphatic heterocycles. The van der Waals surface area contributed by atoms with Crippen LogP contribution in [0.2, 0.25) is 0 Å². The van der Waals surface area contributed by atoms with Gasteiger partial charge in [0.15, 0.2) is 0 Å². The molecule has 4 amide bonds. The molecular weight excluding hydrogens is 855 g/mol. The number of H-pyrrole nitrogens is 2. The van der Waals surface area contributed by atoms with Crippen molar-refractivity contribution in [2.24, 2.45) is 11.8 Å². The minimum atomic E-state index is -3.10. The second-order valence-corrected chi connectivity index (χ2v) is 16.9. The monoisotopic (exact) mass is 906 g/mol. The SMILES string of the molecule is COC[C@H]1C[C@@H](c2nc3c(ccc4cc(-c5ccc(-c6cnc([C@@H]7CCCN7C(=O)C(NC(=O)OC)C(C)C)[nH]6)cc5OC(F)F)ccc43)[nH]2)N(C(=O)[C@H](NC(=O)OC)c2ccccc2)C1. The summed E-state index contributed by atoms with van der Waals surface area (Å²) in [6, 6.07) is 20.8. The predicted octanol–water partition coefficient (Wildman–Crippen LogP) is 8.05. The van der Waals surface area contributed by atoms with E-state index in [1.165, 1.54) is 20.3 Å². The summed E-state index contributed by atoms with van der Waals surface area (Å²) in [4.78, 5) is 72.4. The molecule has 4 N–H and O–H groups in total. The zero-order valence-electron chi connectivity index (χ0n) is 37.2. The normalized spacial score (nSPS) is 18.2. The van der Waals surface area contributed by atoms with Gasteiger partial charge in [-0.25, -0.2) is 19.6 Å². The summed E-state index contributed by atoms with van der Waals surface area (Å²) in [5, 5.41) is 6.95. The van der Waals surface area contributed by atoms with Crippen molar-refractivity contribution in [3.05, 3.63) is 102 Å². The molecule has 8 rings (SSSR count). The number of fused-ring (bicyclic) bond motifs is 3. The number of alkyl carbamates (subject to hydrolysis) is 2. The van der Waals surface area contributed by atoms with Crippen LogP contribution in [0.5, 0.6) is 5.75 Å². The highest BCUT2D eigenvalue weighted by Crippen LogP contribution is 2.41. The van der Waals surface area contributed by atoms with E-state index in [0.29, 0.717) is 77.7 Å². The average molecular weight is 907 g/mol. The maximum absolute atomic E-state index is 14.4. The Kier molecular flexibility index (Phi) is 13.5. The molecule has 0 spiro atoms. The van der Waals surface area contributed by atoms with E-state index < -0.39 is 36.9 Å². The van der Waals surface area contributed by atoms with Gasteiger partial charge in [0.2, 0.25) is 5.91 Å². The molecule has 18 heteroatoms. The van der Waals surface area contributed by atoms with Gasteiger partial charge in [-0.05, 0) is 66.0 Å². The van der Waals surface area contributed by atoms with E-state index in [1.54, 1.807) is 59.5 Å². The van der Waals surface area contributed by atoms with Crippen LogP contribution in [-0.2, 0) is 23.8 Å². The number of carbonyl (C=O) groups excluding carboxylic acids is 4. The number of carbonyl (C=O) groups is 4. The summed E-state index contributed by atoms with van der Waals surface area (Å²) >= 11 is 0. The first kappa shape index (κ1) is 45.5. The third-order valence-electron chi connectivity index (χ3n) is 12.4. The lowest BCUT2D eigenvalue weighted by atomic mass is 9.98. The maximum atomic E-state index is 14.4. The second-order valence-electron chi connectivity index (χ2n) is 16.9. The summed E-state index contributed by atoms with van der Waals surface area (Å²) in [5.41, 5.74) is 4.18. The number of ether oxygens (including phenoxy) is 4. The number of likely N-dealkylation sites (tertiary alicyclic amines) is 2. The van der Waals surface area contributed by atoms with E-state index >= 15 is 0 Å². The molecule has 1 unspecified atom stereocenters. The fourth-order valence-electron chi connectivity index (χ4n) is 9.17. The molecule has 0 radical (unpaired) electrons. The van der Waals surface area contributed by atoms with Gasteiger partial charge in [-0.3, -0.25) is 9.59 Å². The standard InChI is InChI=1S/C48H52F2N8O8/c1-26(2)39(55-47(61)64-4)44(59)57-19-9-12-36(57)42-51-23-35(53-42)31-14-16-32(38(22-31)66-46(49)50)29-13-17-33-30(21-29)15-18-34-41(33)54-43(52-34)37-20-27(25-63-3)24-58(37)45(60)40(56-48(62)65-5)28-10-7-6-8-11-28/h6-8,10-11,13-18,21-23,26-27,36-37,39-40,46H,9,12,19-20,24-25H2,1-5H3,(H,51,53)(H,52,54)(H,55,61)(H,56,62)/t27-,36-,37-,39?,40+/m0/s1. The summed E-state index contributed by atoms with van der Waals surface area (Å²) in [5.74, 6) is 0.317. The molecule has 0 saturated carbocycles. The van der Waals surface area contributed by atoms with Crippen LogP contribution in [0.3, 0.4) is 0 Å². The number of amides is 4. The first-order chi connectivity index (χ1) is 31.9. The van der Waals surface area contributed by atoms with Crippen LogP contribution in [0.4, 0.5) is 18.4 Å². The topological polar surface area (TPSA) is 193 Å². The van der Waals surface area contributed by atoms with Crippen LogP contribution in [0.25, 0.3) is 44.2 Å². The molecule has 346 valence electrons. The summed E-state index contributed by atoms with van der Waals surface area (Å²) in [7, 11) is 4.11. The Hall–Kier alpha value is -7.08. The van der Waals surface area contributed by atoms with E-state index in [2.05, 4.69) is 25.6 Å². The van der Waals surface area contributed by atoms with E-state index in [1.807, 2.05) is 50.2 Å². The van der Waals surface area contributed by atoms with Crippen LogP contribution in [-0.4, -0.2) is 107 Å². The number of nitrogens with one attached hydrogen (secondary N) is 4. The van der Waals surface area contributed by atoms with Gasteiger partial charge in [0.25, 0.3) is 5.91 Å². The smallest absolute Gasteiger partial charge is 0.407 e. The summed E-state index contributed by atoms with van der Waals surface area (Å²) in [6.07, 6.45) is 2.12. The first-order valence-electron chi connectivity index (χ1n) is 21.8. The lowest BCUT2D eigenvalue weighted by Crippen LogP contribution is -2.51. The fourth-order valence-corrected chi connectivity index (χ4v) is 9.17.